The van der Waals surface area contributed by atoms with Gasteiger partial charge >= 0.3 is 0 Å². The van der Waals surface area contributed by atoms with E-state index in [1.807, 2.05) is 0 Å². The van der Waals surface area contributed by atoms with E-state index >= 15 is 0 Å². The summed E-state index contributed by atoms with van der Waals surface area (Å²) in [5, 5.41) is 3.59. The summed E-state index contributed by atoms with van der Waals surface area (Å²) in [6.07, 6.45) is 5.58. The number of nitrogens with zero attached hydrogens (tertiary/aromatic N) is 1. The van der Waals surface area contributed by atoms with Crippen molar-refractivity contribution in [2.45, 2.75) is 31.7 Å². The van der Waals surface area contributed by atoms with Crippen LogP contribution in [-0.2, 0) is 0 Å². The molecular weight excluding hydrogens is 162 g/mol. The predicted molar refractivity (Wildman–Crippen MR) is 56.8 cm³/mol. The minimum Gasteiger partial charge on any atom is -0.329 e. The van der Waals surface area contributed by atoms with Gasteiger partial charge in [-0.3, -0.25) is 0 Å². The average Bonchev–Trinajstić information content (AvgIpc) is 2.57. The summed E-state index contributed by atoms with van der Waals surface area (Å²) in [4.78, 5) is 2.28. The number of hydrogen-bond donors (Lipinski definition) is 2. The van der Waals surface area contributed by atoms with Gasteiger partial charge in [-0.1, -0.05) is 12.8 Å². The molecule has 0 aromatic carbocycles. The Morgan fingerprint density at radius 1 is 1.31 bits per heavy atom. The Kier molecular flexibility index (Phi) is 5.35. The van der Waals surface area contributed by atoms with Crippen LogP contribution in [0.5, 0.6) is 0 Å². The van der Waals surface area contributed by atoms with Crippen LogP contribution in [0, 0.1) is 0 Å². The molecule has 0 heterocycles. The molecule has 13 heavy (non-hydrogen) atoms. The molecule has 0 bridgehead atoms. The van der Waals surface area contributed by atoms with Gasteiger partial charge in [0.2, 0.25) is 0 Å². The zero-order valence-electron chi connectivity index (χ0n) is 8.76. The Hall–Kier alpha value is -0.120. The molecule has 1 aliphatic rings. The van der Waals surface area contributed by atoms with Crippen LogP contribution in [0.25, 0.3) is 0 Å². The summed E-state index contributed by atoms with van der Waals surface area (Å²) in [5.41, 5.74) is 5.46. The predicted octanol–water partition coefficient (Wildman–Crippen LogP) is 0.409. The minimum absolute atomic E-state index is 0.764. The van der Waals surface area contributed by atoms with Crippen LogP contribution >= 0.6 is 0 Å². The van der Waals surface area contributed by atoms with Gasteiger partial charge in [0.1, 0.15) is 0 Å². The molecule has 3 heteroatoms. The van der Waals surface area contributed by atoms with Gasteiger partial charge in [-0.05, 0) is 19.9 Å². The molecule has 0 unspecified atom stereocenters. The molecule has 1 aliphatic carbocycles. The van der Waals surface area contributed by atoms with E-state index in [0.29, 0.717) is 0 Å². The number of nitrogens with one attached hydrogen (secondary N) is 1. The van der Waals surface area contributed by atoms with E-state index in [4.69, 9.17) is 5.73 Å². The highest BCUT2D eigenvalue weighted by molar-refractivity contribution is 4.73. The summed E-state index contributed by atoms with van der Waals surface area (Å²) < 4.78 is 0. The second-order valence-electron chi connectivity index (χ2n) is 4.03. The number of likely N-dealkylation sites (N-methyl/N-ethyl adjacent to an activating group) is 1. The van der Waals surface area contributed by atoms with Crippen LogP contribution < -0.4 is 11.1 Å². The number of nitrogens with two attached hydrogens (primary N) is 1. The molecule has 1 fully saturated rings. The highest BCUT2D eigenvalue weighted by atomic mass is 15.1. The Morgan fingerprint density at radius 2 is 2.00 bits per heavy atom. The van der Waals surface area contributed by atoms with E-state index in [9.17, 15) is 0 Å². The van der Waals surface area contributed by atoms with Crippen LogP contribution in [0.2, 0.25) is 0 Å². The van der Waals surface area contributed by atoms with Crippen LogP contribution in [-0.4, -0.2) is 44.2 Å². The van der Waals surface area contributed by atoms with Crippen molar-refractivity contribution in [3.05, 3.63) is 0 Å². The van der Waals surface area contributed by atoms with Crippen LogP contribution in [0.4, 0.5) is 0 Å². The Balaban J connectivity index is 1.93. The molecule has 3 nitrogen and oxygen atoms in total. The molecule has 0 amide bonds. The molecule has 0 atom stereocenters. The lowest BCUT2D eigenvalue weighted by atomic mass is 10.2. The summed E-state index contributed by atoms with van der Waals surface area (Å²) in [6.45, 7) is 4.00. The topological polar surface area (TPSA) is 41.3 Å². The average molecular weight is 185 g/mol. The zero-order valence-corrected chi connectivity index (χ0v) is 8.76. The fourth-order valence-electron chi connectivity index (χ4n) is 1.92. The lowest BCUT2D eigenvalue weighted by Gasteiger charge is -2.17. The van der Waals surface area contributed by atoms with E-state index in [1.165, 1.54) is 25.7 Å². The largest absolute Gasteiger partial charge is 0.329 e. The standard InChI is InChI=1S/C10H23N3/c1-13(8-6-11)9-7-12-10-4-2-3-5-10/h10,12H,2-9,11H2,1H3. The van der Waals surface area contributed by atoms with E-state index in [1.54, 1.807) is 0 Å². The summed E-state index contributed by atoms with van der Waals surface area (Å²) in [5.74, 6) is 0. The van der Waals surface area contributed by atoms with Crippen LogP contribution in [0.3, 0.4) is 0 Å². The highest BCUT2D eigenvalue weighted by Gasteiger charge is 2.13. The maximum atomic E-state index is 5.46. The first kappa shape index (κ1) is 11.0. The molecule has 3 N–H and O–H groups in total. The summed E-state index contributed by atoms with van der Waals surface area (Å²) >= 11 is 0. The smallest absolute Gasteiger partial charge is 0.0104 e. The second kappa shape index (κ2) is 6.35. The first-order valence-corrected chi connectivity index (χ1v) is 5.45. The van der Waals surface area contributed by atoms with Gasteiger partial charge in [-0.2, -0.15) is 0 Å². The fraction of sp³-hybridized carbons (Fsp3) is 1.00. The van der Waals surface area contributed by atoms with Gasteiger partial charge in [0.15, 0.2) is 0 Å². The molecular formula is C10H23N3. The van der Waals surface area contributed by atoms with Crippen molar-refractivity contribution < 1.29 is 0 Å². The third-order valence-corrected chi connectivity index (χ3v) is 2.79. The SMILES string of the molecule is CN(CCN)CCNC1CCCC1. The molecule has 1 rings (SSSR count). The van der Waals surface area contributed by atoms with Crippen molar-refractivity contribution in [3.8, 4) is 0 Å². The van der Waals surface area contributed by atoms with Gasteiger partial charge in [0.05, 0.1) is 0 Å². The third-order valence-electron chi connectivity index (χ3n) is 2.79. The molecule has 0 aromatic heterocycles. The second-order valence-corrected chi connectivity index (χ2v) is 4.03. The van der Waals surface area contributed by atoms with Crippen LogP contribution in [0.15, 0.2) is 0 Å². The maximum Gasteiger partial charge on any atom is 0.0104 e. The lowest BCUT2D eigenvalue weighted by molar-refractivity contribution is 0.331. The summed E-state index contributed by atoms with van der Waals surface area (Å²) in [6, 6.07) is 0.797. The van der Waals surface area contributed by atoms with Crippen molar-refractivity contribution in [1.82, 2.24) is 10.2 Å². The van der Waals surface area contributed by atoms with E-state index in [2.05, 4.69) is 17.3 Å². The maximum absolute atomic E-state index is 5.46. The molecule has 0 radical (unpaired) electrons. The van der Waals surface area contributed by atoms with Crippen LogP contribution in [0.1, 0.15) is 25.7 Å². The van der Waals surface area contributed by atoms with Gasteiger partial charge < -0.3 is 16.0 Å². The van der Waals surface area contributed by atoms with Gasteiger partial charge in [0.25, 0.3) is 0 Å². The molecule has 0 spiro atoms. The monoisotopic (exact) mass is 185 g/mol. The van der Waals surface area contributed by atoms with E-state index in [0.717, 1.165) is 32.2 Å². The number of rotatable bonds is 6. The van der Waals surface area contributed by atoms with Gasteiger partial charge in [0, 0.05) is 32.2 Å². The minimum atomic E-state index is 0.764. The third kappa shape index (κ3) is 4.60. The van der Waals surface area contributed by atoms with Crippen molar-refractivity contribution in [2.75, 3.05) is 33.2 Å². The Morgan fingerprint density at radius 3 is 2.62 bits per heavy atom. The number of hydrogen-bond acceptors (Lipinski definition) is 3. The quantitative estimate of drug-likeness (QED) is 0.630. The van der Waals surface area contributed by atoms with E-state index < -0.39 is 0 Å². The van der Waals surface area contributed by atoms with Crippen molar-refractivity contribution >= 4 is 0 Å². The molecule has 0 aromatic rings. The highest BCUT2D eigenvalue weighted by Crippen LogP contribution is 2.17. The lowest BCUT2D eigenvalue weighted by Crippen LogP contribution is -2.36. The normalized spacial score (nSPS) is 18.7. The first-order valence-electron chi connectivity index (χ1n) is 5.45. The van der Waals surface area contributed by atoms with Crippen molar-refractivity contribution in [2.24, 2.45) is 5.73 Å². The summed E-state index contributed by atoms with van der Waals surface area (Å²) in [7, 11) is 2.13. The van der Waals surface area contributed by atoms with Crippen molar-refractivity contribution in [3.63, 3.8) is 0 Å². The Labute approximate surface area is 81.7 Å². The van der Waals surface area contributed by atoms with E-state index in [-0.39, 0.29) is 0 Å². The molecule has 0 saturated heterocycles. The Bertz CT molecular complexity index is 121. The van der Waals surface area contributed by atoms with Gasteiger partial charge in [-0.25, -0.2) is 0 Å². The fourth-order valence-corrected chi connectivity index (χ4v) is 1.92. The van der Waals surface area contributed by atoms with Crippen molar-refractivity contribution in [1.29, 1.82) is 0 Å². The first-order chi connectivity index (χ1) is 6.33. The zero-order chi connectivity index (χ0) is 9.52. The van der Waals surface area contributed by atoms with Gasteiger partial charge in [-0.15, -0.1) is 0 Å². The molecule has 78 valence electrons. The molecule has 0 aliphatic heterocycles. The molecule has 1 saturated carbocycles.